The van der Waals surface area contributed by atoms with Gasteiger partial charge in [-0.2, -0.15) is 0 Å². The highest BCUT2D eigenvalue weighted by Gasteiger charge is 2.22. The maximum Gasteiger partial charge on any atom is 0.338 e. The summed E-state index contributed by atoms with van der Waals surface area (Å²) in [7, 11) is 1.25. The number of nitrogen functional groups attached to an aromatic ring is 1. The second-order valence-corrected chi connectivity index (χ2v) is 6.00. The van der Waals surface area contributed by atoms with E-state index in [4.69, 9.17) is 22.1 Å². The molecule has 0 atom stereocenters. The van der Waals surface area contributed by atoms with Crippen molar-refractivity contribution in [3.05, 3.63) is 61.3 Å². The lowest BCUT2D eigenvalue weighted by molar-refractivity contribution is 0.0474. The number of nitrogens with zero attached hydrogens (tertiary/aromatic N) is 2. The predicted octanol–water partition coefficient (Wildman–Crippen LogP) is 1.23. The van der Waals surface area contributed by atoms with Crippen molar-refractivity contribution in [3.8, 4) is 0 Å². The van der Waals surface area contributed by atoms with Crippen LogP contribution in [0.5, 0.6) is 0 Å². The first-order valence-corrected chi connectivity index (χ1v) is 8.20. The summed E-state index contributed by atoms with van der Waals surface area (Å²) in [6, 6.07) is 6.02. The molecule has 9 heteroatoms. The lowest BCUT2D eigenvalue weighted by atomic mass is 10.2. The van der Waals surface area contributed by atoms with Crippen LogP contribution < -0.4 is 17.0 Å². The number of nitrogens with two attached hydrogens (primary N) is 1. The highest BCUT2D eigenvalue weighted by molar-refractivity contribution is 6.30. The SMILES string of the molecule is CCCn1c(N)c(C(=O)COC(=O)c2cccc(Cl)c2)c(=O)n(C)c1=O. The number of rotatable bonds is 6. The molecular weight excluding hydrogens is 362 g/mol. The van der Waals surface area contributed by atoms with Crippen LogP contribution in [0.1, 0.15) is 34.1 Å². The molecule has 0 aliphatic carbocycles. The van der Waals surface area contributed by atoms with Crippen molar-refractivity contribution in [2.24, 2.45) is 7.05 Å². The first kappa shape index (κ1) is 19.5. The summed E-state index contributed by atoms with van der Waals surface area (Å²) in [5, 5.41) is 0.343. The molecule has 0 radical (unpaired) electrons. The van der Waals surface area contributed by atoms with Gasteiger partial charge in [-0.1, -0.05) is 24.6 Å². The molecule has 2 rings (SSSR count). The van der Waals surface area contributed by atoms with Crippen LogP contribution in [0, 0.1) is 0 Å². The Morgan fingerprint density at radius 2 is 1.96 bits per heavy atom. The van der Waals surface area contributed by atoms with Gasteiger partial charge in [0.2, 0.25) is 5.78 Å². The van der Waals surface area contributed by atoms with Gasteiger partial charge in [0.05, 0.1) is 5.56 Å². The van der Waals surface area contributed by atoms with E-state index in [1.807, 2.05) is 6.92 Å². The van der Waals surface area contributed by atoms with E-state index in [0.717, 1.165) is 9.13 Å². The van der Waals surface area contributed by atoms with E-state index < -0.39 is 29.6 Å². The molecule has 0 spiro atoms. The number of benzene rings is 1. The quantitative estimate of drug-likeness (QED) is 0.596. The van der Waals surface area contributed by atoms with E-state index in [1.165, 1.54) is 19.2 Å². The third kappa shape index (κ3) is 3.85. The standard InChI is InChI=1S/C17H18ClN3O5/c1-3-7-21-14(19)13(15(23)20(2)17(21)25)12(22)9-26-16(24)10-5-4-6-11(18)8-10/h4-6,8H,3,7,9,19H2,1-2H3. The normalized spacial score (nSPS) is 10.6. The van der Waals surface area contributed by atoms with E-state index in [9.17, 15) is 19.2 Å². The summed E-state index contributed by atoms with van der Waals surface area (Å²) in [5.41, 5.74) is 4.20. The summed E-state index contributed by atoms with van der Waals surface area (Å²) in [5.74, 6) is -1.79. The molecule has 0 amide bonds. The first-order chi connectivity index (χ1) is 12.3. The van der Waals surface area contributed by atoms with Gasteiger partial charge in [-0.25, -0.2) is 9.59 Å². The van der Waals surface area contributed by atoms with Gasteiger partial charge in [0, 0.05) is 18.6 Å². The van der Waals surface area contributed by atoms with Gasteiger partial charge < -0.3 is 10.5 Å². The third-order valence-electron chi connectivity index (χ3n) is 3.70. The molecule has 2 N–H and O–H groups in total. The van der Waals surface area contributed by atoms with E-state index in [-0.39, 0.29) is 23.5 Å². The zero-order valence-corrected chi connectivity index (χ0v) is 15.1. The van der Waals surface area contributed by atoms with Crippen molar-refractivity contribution in [2.45, 2.75) is 19.9 Å². The van der Waals surface area contributed by atoms with Gasteiger partial charge in [-0.15, -0.1) is 0 Å². The average Bonchev–Trinajstić information content (AvgIpc) is 2.61. The highest BCUT2D eigenvalue weighted by atomic mass is 35.5. The Morgan fingerprint density at radius 3 is 2.58 bits per heavy atom. The van der Waals surface area contributed by atoms with Crippen molar-refractivity contribution >= 4 is 29.2 Å². The number of anilines is 1. The van der Waals surface area contributed by atoms with Crippen molar-refractivity contribution < 1.29 is 14.3 Å². The number of Topliss-reactive ketones (excluding diaryl/α,β-unsaturated/α-hetero) is 1. The maximum atomic E-state index is 12.4. The highest BCUT2D eigenvalue weighted by Crippen LogP contribution is 2.12. The van der Waals surface area contributed by atoms with E-state index >= 15 is 0 Å². The summed E-state index contributed by atoms with van der Waals surface area (Å²) in [6.45, 7) is 1.39. The van der Waals surface area contributed by atoms with E-state index in [1.54, 1.807) is 12.1 Å². The molecule has 8 nitrogen and oxygen atoms in total. The van der Waals surface area contributed by atoms with Gasteiger partial charge in [-0.05, 0) is 24.6 Å². The molecule has 0 unspecified atom stereocenters. The number of carbonyl (C=O) groups is 2. The zero-order valence-electron chi connectivity index (χ0n) is 14.3. The van der Waals surface area contributed by atoms with E-state index in [2.05, 4.69) is 0 Å². The number of halogens is 1. The first-order valence-electron chi connectivity index (χ1n) is 7.83. The zero-order chi connectivity index (χ0) is 19.4. The molecular formula is C17H18ClN3O5. The maximum absolute atomic E-state index is 12.4. The van der Waals surface area contributed by atoms with Crippen LogP contribution in [-0.4, -0.2) is 27.5 Å². The number of aromatic nitrogens is 2. The van der Waals surface area contributed by atoms with Gasteiger partial charge in [0.15, 0.2) is 6.61 Å². The molecule has 26 heavy (non-hydrogen) atoms. The fraction of sp³-hybridized carbons (Fsp3) is 0.294. The second kappa shape index (κ2) is 8.01. The number of carbonyl (C=O) groups excluding carboxylic acids is 2. The largest absolute Gasteiger partial charge is 0.454 e. The molecule has 0 aliphatic rings. The Kier molecular flexibility index (Phi) is 5.99. The molecule has 1 heterocycles. The van der Waals surface area contributed by atoms with Crippen LogP contribution >= 0.6 is 11.6 Å². The average molecular weight is 380 g/mol. The Morgan fingerprint density at radius 1 is 1.27 bits per heavy atom. The summed E-state index contributed by atoms with van der Waals surface area (Å²) in [4.78, 5) is 48.7. The van der Waals surface area contributed by atoms with Crippen LogP contribution in [0.25, 0.3) is 0 Å². The van der Waals surface area contributed by atoms with Crippen molar-refractivity contribution in [1.82, 2.24) is 9.13 Å². The fourth-order valence-electron chi connectivity index (χ4n) is 2.39. The molecule has 0 bridgehead atoms. The van der Waals surface area contributed by atoms with Crippen molar-refractivity contribution in [1.29, 1.82) is 0 Å². The lowest BCUT2D eigenvalue weighted by Gasteiger charge is -2.13. The Labute approximate surface area is 153 Å². The van der Waals surface area contributed by atoms with Crippen molar-refractivity contribution in [3.63, 3.8) is 0 Å². The van der Waals surface area contributed by atoms with Crippen LogP contribution in [0.4, 0.5) is 5.82 Å². The van der Waals surface area contributed by atoms with Crippen molar-refractivity contribution in [2.75, 3.05) is 12.3 Å². The number of hydrogen-bond donors (Lipinski definition) is 1. The third-order valence-corrected chi connectivity index (χ3v) is 3.94. The predicted molar refractivity (Wildman–Crippen MR) is 96.7 cm³/mol. The topological polar surface area (TPSA) is 113 Å². The van der Waals surface area contributed by atoms with E-state index in [0.29, 0.717) is 11.4 Å². The van der Waals surface area contributed by atoms with Gasteiger partial charge in [0.1, 0.15) is 11.4 Å². The Hall–Kier alpha value is -2.87. The number of ether oxygens (including phenoxy) is 1. The van der Waals surface area contributed by atoms with Crippen LogP contribution in [0.15, 0.2) is 33.9 Å². The molecule has 2 aromatic rings. The summed E-state index contributed by atoms with van der Waals surface area (Å²) < 4.78 is 6.89. The molecule has 0 saturated carbocycles. The van der Waals surface area contributed by atoms with Crippen LogP contribution in [0.2, 0.25) is 5.02 Å². The fourth-order valence-corrected chi connectivity index (χ4v) is 2.58. The minimum Gasteiger partial charge on any atom is -0.454 e. The lowest BCUT2D eigenvalue weighted by Crippen LogP contribution is -2.43. The van der Waals surface area contributed by atoms with Crippen LogP contribution in [0.3, 0.4) is 0 Å². The van der Waals surface area contributed by atoms with Gasteiger partial charge in [-0.3, -0.25) is 18.7 Å². The monoisotopic (exact) mass is 379 g/mol. The molecule has 0 fully saturated rings. The number of ketones is 1. The second-order valence-electron chi connectivity index (χ2n) is 5.57. The molecule has 1 aromatic heterocycles. The molecule has 1 aromatic carbocycles. The summed E-state index contributed by atoms with van der Waals surface area (Å²) in [6.07, 6.45) is 0.583. The molecule has 138 valence electrons. The molecule has 0 saturated heterocycles. The molecule has 0 aliphatic heterocycles. The summed E-state index contributed by atoms with van der Waals surface area (Å²) >= 11 is 5.80. The minimum absolute atomic E-state index is 0.169. The smallest absolute Gasteiger partial charge is 0.338 e. The number of esters is 1. The van der Waals surface area contributed by atoms with Gasteiger partial charge in [0.25, 0.3) is 5.56 Å². The van der Waals surface area contributed by atoms with Gasteiger partial charge >= 0.3 is 11.7 Å². The Balaban J connectivity index is 2.29. The number of hydrogen-bond acceptors (Lipinski definition) is 6. The minimum atomic E-state index is -0.830. The Bertz CT molecular complexity index is 977. The van der Waals surface area contributed by atoms with Crippen LogP contribution in [-0.2, 0) is 18.3 Å².